The SMILES string of the molecule is C=CCNC(=NCC(=O)N(C)C)NCCSc1ccccc1.I. The van der Waals surface area contributed by atoms with E-state index in [4.69, 9.17) is 0 Å². The van der Waals surface area contributed by atoms with Crippen LogP contribution in [0.25, 0.3) is 0 Å². The number of carbonyl (C=O) groups excluding carboxylic acids is 1. The van der Waals surface area contributed by atoms with E-state index in [0.717, 1.165) is 12.3 Å². The van der Waals surface area contributed by atoms with Crippen LogP contribution in [-0.4, -0.2) is 56.2 Å². The molecule has 0 fully saturated rings. The van der Waals surface area contributed by atoms with Gasteiger partial charge in [0.2, 0.25) is 5.91 Å². The number of thioether (sulfide) groups is 1. The number of hydrogen-bond acceptors (Lipinski definition) is 3. The molecule has 1 amide bonds. The molecule has 1 aromatic rings. The number of hydrogen-bond donors (Lipinski definition) is 2. The van der Waals surface area contributed by atoms with E-state index in [1.807, 2.05) is 18.2 Å². The molecule has 1 rings (SSSR count). The molecule has 5 nitrogen and oxygen atoms in total. The van der Waals surface area contributed by atoms with Crippen LogP contribution >= 0.6 is 35.7 Å². The number of carbonyl (C=O) groups is 1. The van der Waals surface area contributed by atoms with Gasteiger partial charge in [0.1, 0.15) is 6.54 Å². The van der Waals surface area contributed by atoms with Gasteiger partial charge in [-0.05, 0) is 12.1 Å². The predicted octanol–water partition coefficient (Wildman–Crippen LogP) is 2.21. The largest absolute Gasteiger partial charge is 0.356 e. The summed E-state index contributed by atoms with van der Waals surface area (Å²) in [6, 6.07) is 10.2. The van der Waals surface area contributed by atoms with Gasteiger partial charge in [-0.1, -0.05) is 24.3 Å². The highest BCUT2D eigenvalue weighted by molar-refractivity contribution is 14.0. The molecule has 128 valence electrons. The zero-order valence-corrected chi connectivity index (χ0v) is 16.8. The number of nitrogens with zero attached hydrogens (tertiary/aromatic N) is 2. The Morgan fingerprint density at radius 1 is 1.30 bits per heavy atom. The minimum absolute atomic E-state index is 0. The number of aliphatic imine (C=N–C) groups is 1. The van der Waals surface area contributed by atoms with Crippen LogP contribution in [0.5, 0.6) is 0 Å². The van der Waals surface area contributed by atoms with E-state index in [-0.39, 0.29) is 36.4 Å². The van der Waals surface area contributed by atoms with E-state index >= 15 is 0 Å². The van der Waals surface area contributed by atoms with Crippen LogP contribution in [0.15, 0.2) is 52.9 Å². The fraction of sp³-hybridized carbons (Fsp3) is 0.375. The Hall–Kier alpha value is -1.22. The van der Waals surface area contributed by atoms with E-state index in [9.17, 15) is 4.79 Å². The lowest BCUT2D eigenvalue weighted by atomic mass is 10.4. The van der Waals surface area contributed by atoms with Gasteiger partial charge in [-0.2, -0.15) is 0 Å². The molecule has 0 aliphatic rings. The first-order valence-corrected chi connectivity index (χ1v) is 8.13. The molecule has 0 bridgehead atoms. The molecule has 0 atom stereocenters. The molecule has 0 unspecified atom stereocenters. The molecule has 0 aliphatic carbocycles. The number of guanidine groups is 1. The van der Waals surface area contributed by atoms with Gasteiger partial charge in [0.25, 0.3) is 0 Å². The van der Waals surface area contributed by atoms with E-state index in [1.165, 1.54) is 9.80 Å². The summed E-state index contributed by atoms with van der Waals surface area (Å²) >= 11 is 1.77. The summed E-state index contributed by atoms with van der Waals surface area (Å²) in [6.45, 7) is 5.17. The minimum Gasteiger partial charge on any atom is -0.356 e. The van der Waals surface area contributed by atoms with Crippen LogP contribution in [-0.2, 0) is 4.79 Å². The Morgan fingerprint density at radius 3 is 2.61 bits per heavy atom. The van der Waals surface area contributed by atoms with E-state index in [2.05, 4.69) is 34.3 Å². The van der Waals surface area contributed by atoms with Crippen LogP contribution in [0.4, 0.5) is 0 Å². The minimum atomic E-state index is -0.0293. The van der Waals surface area contributed by atoms with Crippen molar-refractivity contribution in [3.63, 3.8) is 0 Å². The Balaban J connectivity index is 0.00000484. The van der Waals surface area contributed by atoms with Gasteiger partial charge in [0.15, 0.2) is 5.96 Å². The molecular formula is C16H25IN4OS. The number of benzene rings is 1. The van der Waals surface area contributed by atoms with Crippen LogP contribution in [0.1, 0.15) is 0 Å². The lowest BCUT2D eigenvalue weighted by molar-refractivity contribution is -0.127. The summed E-state index contributed by atoms with van der Waals surface area (Å²) in [4.78, 5) is 18.6. The van der Waals surface area contributed by atoms with E-state index < -0.39 is 0 Å². The van der Waals surface area contributed by atoms with Gasteiger partial charge in [0.05, 0.1) is 0 Å². The summed E-state index contributed by atoms with van der Waals surface area (Å²) < 4.78 is 0. The molecule has 2 N–H and O–H groups in total. The molecule has 23 heavy (non-hydrogen) atoms. The Labute approximate surface area is 160 Å². The van der Waals surface area contributed by atoms with Crippen molar-refractivity contribution in [1.82, 2.24) is 15.5 Å². The Kier molecular flexibility index (Phi) is 12.5. The van der Waals surface area contributed by atoms with Crippen molar-refractivity contribution >= 4 is 47.6 Å². The summed E-state index contributed by atoms with van der Waals surface area (Å²) in [5, 5.41) is 6.32. The second-order valence-corrected chi connectivity index (χ2v) is 5.88. The van der Waals surface area contributed by atoms with Gasteiger partial charge in [-0.3, -0.25) is 4.79 Å². The molecule has 0 aromatic heterocycles. The molecule has 1 aromatic carbocycles. The highest BCUT2D eigenvalue weighted by Gasteiger charge is 2.03. The smallest absolute Gasteiger partial charge is 0.243 e. The molecule has 0 saturated heterocycles. The molecule has 7 heteroatoms. The molecule has 0 heterocycles. The second-order valence-electron chi connectivity index (χ2n) is 4.71. The van der Waals surface area contributed by atoms with Gasteiger partial charge < -0.3 is 15.5 Å². The van der Waals surface area contributed by atoms with Crippen LogP contribution in [0.2, 0.25) is 0 Å². The topological polar surface area (TPSA) is 56.7 Å². The van der Waals surface area contributed by atoms with Gasteiger partial charge >= 0.3 is 0 Å². The molecule has 0 spiro atoms. The van der Waals surface area contributed by atoms with Crippen molar-refractivity contribution in [2.75, 3.05) is 39.5 Å². The van der Waals surface area contributed by atoms with Crippen molar-refractivity contribution in [2.24, 2.45) is 4.99 Å². The van der Waals surface area contributed by atoms with Crippen LogP contribution in [0, 0.1) is 0 Å². The van der Waals surface area contributed by atoms with Crippen molar-refractivity contribution in [3.05, 3.63) is 43.0 Å². The van der Waals surface area contributed by atoms with Gasteiger partial charge in [-0.25, -0.2) is 4.99 Å². The number of amides is 1. The lowest BCUT2D eigenvalue weighted by Gasteiger charge is -2.12. The summed E-state index contributed by atoms with van der Waals surface area (Å²) in [5.74, 6) is 1.52. The first-order chi connectivity index (χ1) is 10.6. The third-order valence-corrected chi connectivity index (χ3v) is 3.71. The average molecular weight is 448 g/mol. The third-order valence-electron chi connectivity index (χ3n) is 2.69. The molecule has 0 saturated carbocycles. The standard InChI is InChI=1S/C16H24N4OS.HI/c1-4-10-17-16(19-13-15(21)20(2)3)18-11-12-22-14-8-6-5-7-9-14;/h4-9H,1,10-13H2,2-3H3,(H2,17,18,19);1H. The fourth-order valence-electron chi connectivity index (χ4n) is 1.49. The maximum atomic E-state index is 11.6. The van der Waals surface area contributed by atoms with Crippen LogP contribution in [0.3, 0.4) is 0 Å². The summed E-state index contributed by atoms with van der Waals surface area (Å²) in [6.07, 6.45) is 1.75. The molecule has 0 radical (unpaired) electrons. The van der Waals surface area contributed by atoms with Gasteiger partial charge in [-0.15, -0.1) is 42.3 Å². The fourth-order valence-corrected chi connectivity index (χ4v) is 2.28. The third kappa shape index (κ3) is 10.2. The van der Waals surface area contributed by atoms with Gasteiger partial charge in [0, 0.05) is 37.8 Å². The lowest BCUT2D eigenvalue weighted by Crippen LogP contribution is -2.39. The number of nitrogens with one attached hydrogen (secondary N) is 2. The normalized spacial score (nSPS) is 10.4. The highest BCUT2D eigenvalue weighted by atomic mass is 127. The van der Waals surface area contributed by atoms with Crippen LogP contribution < -0.4 is 10.6 Å². The van der Waals surface area contributed by atoms with Crippen molar-refractivity contribution in [1.29, 1.82) is 0 Å². The number of likely N-dealkylation sites (N-methyl/N-ethyl adjacent to an activating group) is 1. The first-order valence-electron chi connectivity index (χ1n) is 7.14. The monoisotopic (exact) mass is 448 g/mol. The molecular weight excluding hydrogens is 423 g/mol. The quantitative estimate of drug-likeness (QED) is 0.160. The van der Waals surface area contributed by atoms with Crippen molar-refractivity contribution in [2.45, 2.75) is 4.90 Å². The summed E-state index contributed by atoms with van der Waals surface area (Å²) in [5.41, 5.74) is 0. The van der Waals surface area contributed by atoms with Crippen molar-refractivity contribution < 1.29 is 4.79 Å². The maximum Gasteiger partial charge on any atom is 0.243 e. The zero-order valence-electron chi connectivity index (χ0n) is 13.6. The number of rotatable bonds is 8. The highest BCUT2D eigenvalue weighted by Crippen LogP contribution is 2.15. The zero-order chi connectivity index (χ0) is 16.2. The maximum absolute atomic E-state index is 11.6. The Bertz CT molecular complexity index is 494. The number of halogens is 1. The Morgan fingerprint density at radius 2 is 2.00 bits per heavy atom. The predicted molar refractivity (Wildman–Crippen MR) is 110 cm³/mol. The first kappa shape index (κ1) is 21.8. The van der Waals surface area contributed by atoms with E-state index in [0.29, 0.717) is 12.5 Å². The molecule has 0 aliphatic heterocycles. The second kappa shape index (κ2) is 13.2. The van der Waals surface area contributed by atoms with Crippen molar-refractivity contribution in [3.8, 4) is 0 Å². The summed E-state index contributed by atoms with van der Waals surface area (Å²) in [7, 11) is 3.44. The average Bonchev–Trinajstić information content (AvgIpc) is 2.53. The van der Waals surface area contributed by atoms with E-state index in [1.54, 1.807) is 31.9 Å².